The van der Waals surface area contributed by atoms with Crippen molar-refractivity contribution in [2.45, 2.75) is 24.9 Å². The molecular formula is C24H23N3O2S2. The first kappa shape index (κ1) is 21.3. The van der Waals surface area contributed by atoms with Crippen LogP contribution in [0.4, 0.5) is 0 Å². The van der Waals surface area contributed by atoms with Gasteiger partial charge in [-0.1, -0.05) is 59.8 Å². The summed E-state index contributed by atoms with van der Waals surface area (Å²) in [4.78, 5) is 31.2. The van der Waals surface area contributed by atoms with Gasteiger partial charge in [-0.05, 0) is 42.5 Å². The number of aromatic nitrogens is 2. The highest BCUT2D eigenvalue weighted by molar-refractivity contribution is 7.99. The Kier molecular flexibility index (Phi) is 6.84. The lowest BCUT2D eigenvalue weighted by Gasteiger charge is -2.12. The van der Waals surface area contributed by atoms with E-state index in [1.54, 1.807) is 15.9 Å². The Morgan fingerprint density at radius 3 is 2.68 bits per heavy atom. The topological polar surface area (TPSA) is 64.0 Å². The monoisotopic (exact) mass is 449 g/mol. The van der Waals surface area contributed by atoms with Crippen molar-refractivity contribution < 1.29 is 4.79 Å². The lowest BCUT2D eigenvalue weighted by atomic mass is 10.1. The van der Waals surface area contributed by atoms with Crippen LogP contribution in [0, 0.1) is 6.92 Å². The first-order valence-corrected chi connectivity index (χ1v) is 11.9. The van der Waals surface area contributed by atoms with Crippen LogP contribution in [-0.4, -0.2) is 27.8 Å². The minimum absolute atomic E-state index is 0.0963. The number of aryl methyl sites for hydroxylation is 1. The average Bonchev–Trinajstić information content (AvgIpc) is 3.29. The summed E-state index contributed by atoms with van der Waals surface area (Å²) in [5, 5.41) is 5.29. The van der Waals surface area contributed by atoms with Gasteiger partial charge in [0, 0.05) is 11.4 Å². The molecule has 2 aromatic heterocycles. The van der Waals surface area contributed by atoms with Crippen molar-refractivity contribution in [3.63, 3.8) is 0 Å². The molecule has 0 saturated heterocycles. The second-order valence-electron chi connectivity index (χ2n) is 7.25. The second kappa shape index (κ2) is 9.94. The predicted molar refractivity (Wildman–Crippen MR) is 128 cm³/mol. The van der Waals surface area contributed by atoms with Gasteiger partial charge in [0.15, 0.2) is 5.03 Å². The number of carbonyl (C=O) groups is 1. The Labute approximate surface area is 189 Å². The SMILES string of the molecule is Cc1ccc(Cn2c(=O)c(SCC(=O)NCCc3cccs3)nc3ccccc32)cc1. The van der Waals surface area contributed by atoms with Crippen molar-refractivity contribution in [1.82, 2.24) is 14.9 Å². The molecule has 0 unspecified atom stereocenters. The van der Waals surface area contributed by atoms with Crippen molar-refractivity contribution in [2.24, 2.45) is 0 Å². The quantitative estimate of drug-likeness (QED) is 0.408. The number of nitrogens with zero attached hydrogens (tertiary/aromatic N) is 2. The van der Waals surface area contributed by atoms with Crippen LogP contribution in [0.3, 0.4) is 0 Å². The number of para-hydroxylation sites is 2. The van der Waals surface area contributed by atoms with Gasteiger partial charge < -0.3 is 5.32 Å². The maximum atomic E-state index is 13.2. The maximum Gasteiger partial charge on any atom is 0.283 e. The molecule has 31 heavy (non-hydrogen) atoms. The summed E-state index contributed by atoms with van der Waals surface area (Å²) in [7, 11) is 0. The number of hydrogen-bond acceptors (Lipinski definition) is 5. The Morgan fingerprint density at radius 2 is 1.90 bits per heavy atom. The molecule has 7 heteroatoms. The molecule has 0 spiro atoms. The van der Waals surface area contributed by atoms with E-state index in [1.807, 2.05) is 66.9 Å². The molecule has 4 rings (SSSR count). The number of thioether (sulfide) groups is 1. The van der Waals surface area contributed by atoms with E-state index in [4.69, 9.17) is 0 Å². The predicted octanol–water partition coefficient (Wildman–Crippen LogP) is 4.27. The van der Waals surface area contributed by atoms with Gasteiger partial charge in [-0.25, -0.2) is 4.98 Å². The normalized spacial score (nSPS) is 11.0. The number of rotatable bonds is 8. The van der Waals surface area contributed by atoms with Crippen molar-refractivity contribution >= 4 is 40.0 Å². The molecule has 1 N–H and O–H groups in total. The highest BCUT2D eigenvalue weighted by Gasteiger charge is 2.13. The summed E-state index contributed by atoms with van der Waals surface area (Å²) in [6, 6.07) is 19.8. The molecule has 1 amide bonds. The van der Waals surface area contributed by atoms with Crippen LogP contribution in [0.5, 0.6) is 0 Å². The van der Waals surface area contributed by atoms with Crippen molar-refractivity contribution in [3.8, 4) is 0 Å². The van der Waals surface area contributed by atoms with Gasteiger partial charge in [0.05, 0.1) is 23.3 Å². The lowest BCUT2D eigenvalue weighted by Crippen LogP contribution is -2.28. The molecule has 158 valence electrons. The van der Waals surface area contributed by atoms with E-state index in [0.717, 1.165) is 23.0 Å². The molecule has 0 aliphatic rings. The van der Waals surface area contributed by atoms with Gasteiger partial charge in [-0.2, -0.15) is 0 Å². The molecule has 5 nitrogen and oxygen atoms in total. The first-order chi connectivity index (χ1) is 15.1. The largest absolute Gasteiger partial charge is 0.355 e. The molecule has 0 radical (unpaired) electrons. The van der Waals surface area contributed by atoms with Crippen LogP contribution in [0.2, 0.25) is 0 Å². The molecule has 0 saturated carbocycles. The number of thiophene rings is 1. The third kappa shape index (κ3) is 5.42. The first-order valence-electron chi connectivity index (χ1n) is 10.1. The van der Waals surface area contributed by atoms with Crippen molar-refractivity contribution in [3.05, 3.63) is 92.4 Å². The molecule has 0 bridgehead atoms. The van der Waals surface area contributed by atoms with Gasteiger partial charge in [-0.15, -0.1) is 11.3 Å². The number of amides is 1. The third-order valence-electron chi connectivity index (χ3n) is 4.90. The number of carbonyl (C=O) groups excluding carboxylic acids is 1. The van der Waals surface area contributed by atoms with E-state index in [1.165, 1.54) is 22.2 Å². The van der Waals surface area contributed by atoms with Gasteiger partial charge in [-0.3, -0.25) is 14.2 Å². The number of nitrogens with one attached hydrogen (secondary N) is 1. The molecule has 0 atom stereocenters. The van der Waals surface area contributed by atoms with Crippen LogP contribution in [0.25, 0.3) is 11.0 Å². The zero-order valence-electron chi connectivity index (χ0n) is 17.2. The van der Waals surface area contributed by atoms with Gasteiger partial charge in [0.1, 0.15) is 0 Å². The van der Waals surface area contributed by atoms with E-state index in [0.29, 0.717) is 18.1 Å². The number of benzene rings is 2. The van der Waals surface area contributed by atoms with Crippen molar-refractivity contribution in [2.75, 3.05) is 12.3 Å². The molecule has 0 aliphatic carbocycles. The third-order valence-corrected chi connectivity index (χ3v) is 6.78. The molecule has 0 aliphatic heterocycles. The standard InChI is InChI=1S/C24H23N3O2S2/c1-17-8-10-18(11-9-17)15-27-21-7-3-2-6-20(21)26-23(24(27)29)31-16-22(28)25-13-12-19-5-4-14-30-19/h2-11,14H,12-13,15-16H2,1H3,(H,25,28). The Bertz CT molecular complexity index is 1230. The van der Waals surface area contributed by atoms with E-state index in [9.17, 15) is 9.59 Å². The van der Waals surface area contributed by atoms with Gasteiger partial charge in [0.2, 0.25) is 5.91 Å². The zero-order valence-corrected chi connectivity index (χ0v) is 18.8. The van der Waals surface area contributed by atoms with Gasteiger partial charge in [0.25, 0.3) is 5.56 Å². The number of fused-ring (bicyclic) bond motifs is 1. The maximum absolute atomic E-state index is 13.2. The van der Waals surface area contributed by atoms with Gasteiger partial charge >= 0.3 is 0 Å². The molecule has 2 heterocycles. The Hall–Kier alpha value is -2.90. The Morgan fingerprint density at radius 1 is 1.10 bits per heavy atom. The minimum Gasteiger partial charge on any atom is -0.355 e. The molecule has 0 fully saturated rings. The smallest absolute Gasteiger partial charge is 0.283 e. The fraction of sp³-hybridized carbons (Fsp3) is 0.208. The zero-order chi connectivity index (χ0) is 21.6. The fourth-order valence-electron chi connectivity index (χ4n) is 3.26. The van der Waals surface area contributed by atoms with Crippen LogP contribution >= 0.6 is 23.1 Å². The van der Waals surface area contributed by atoms with E-state index in [-0.39, 0.29) is 17.2 Å². The average molecular weight is 450 g/mol. The van der Waals surface area contributed by atoms with E-state index >= 15 is 0 Å². The number of hydrogen-bond donors (Lipinski definition) is 1. The molecular weight excluding hydrogens is 426 g/mol. The summed E-state index contributed by atoms with van der Waals surface area (Å²) in [5.41, 5.74) is 3.59. The van der Waals surface area contributed by atoms with E-state index in [2.05, 4.69) is 16.4 Å². The lowest BCUT2D eigenvalue weighted by molar-refractivity contribution is -0.118. The van der Waals surface area contributed by atoms with Crippen LogP contribution in [0.1, 0.15) is 16.0 Å². The molecule has 4 aromatic rings. The summed E-state index contributed by atoms with van der Waals surface area (Å²) in [6.45, 7) is 3.09. The van der Waals surface area contributed by atoms with Crippen molar-refractivity contribution in [1.29, 1.82) is 0 Å². The summed E-state index contributed by atoms with van der Waals surface area (Å²) in [6.07, 6.45) is 0.811. The summed E-state index contributed by atoms with van der Waals surface area (Å²) >= 11 is 2.87. The van der Waals surface area contributed by atoms with E-state index < -0.39 is 0 Å². The van der Waals surface area contributed by atoms with Crippen LogP contribution in [-0.2, 0) is 17.8 Å². The Balaban J connectivity index is 1.49. The second-order valence-corrected chi connectivity index (χ2v) is 9.25. The highest BCUT2D eigenvalue weighted by atomic mass is 32.2. The fourth-order valence-corrected chi connectivity index (χ4v) is 4.74. The summed E-state index contributed by atoms with van der Waals surface area (Å²) in [5.74, 6) is 0.0660. The highest BCUT2D eigenvalue weighted by Crippen LogP contribution is 2.18. The molecule has 2 aromatic carbocycles. The summed E-state index contributed by atoms with van der Waals surface area (Å²) < 4.78 is 1.74. The van der Waals surface area contributed by atoms with Crippen LogP contribution in [0.15, 0.2) is 75.9 Å². The minimum atomic E-state index is -0.171. The van der Waals surface area contributed by atoms with Crippen LogP contribution < -0.4 is 10.9 Å².